The van der Waals surface area contributed by atoms with E-state index in [0.717, 1.165) is 0 Å². The summed E-state index contributed by atoms with van der Waals surface area (Å²) in [5.74, 6) is 0. The normalized spacial score (nSPS) is 14.3. The van der Waals surface area contributed by atoms with Gasteiger partial charge in [-0.1, -0.05) is 0 Å². The third-order valence-electron chi connectivity index (χ3n) is 8.08. The van der Waals surface area contributed by atoms with Crippen molar-refractivity contribution in [3.63, 3.8) is 0 Å². The molecule has 0 spiro atoms. The summed E-state index contributed by atoms with van der Waals surface area (Å²) in [6.07, 6.45) is -48.9. The largest absolute Gasteiger partial charge is 0.416 e. The number of rotatable bonds is 4. The number of alkyl halides is 24. The first kappa shape index (κ1) is 45.1. The summed E-state index contributed by atoms with van der Waals surface area (Å²) in [7, 11) is -7.18. The van der Waals surface area contributed by atoms with Gasteiger partial charge in [-0.2, -0.15) is 105 Å². The van der Waals surface area contributed by atoms with E-state index in [1.807, 2.05) is 0 Å². The van der Waals surface area contributed by atoms with E-state index in [-0.39, 0.29) is 0 Å². The predicted octanol–water partition coefficient (Wildman–Crippen LogP) is 11.2. The Morgan fingerprint density at radius 3 is 0.386 bits per heavy atom. The maximum absolute atomic E-state index is 14.2. The Balaban J connectivity index is 2.62. The quantitative estimate of drug-likeness (QED) is 0.109. The molecule has 4 rings (SSSR count). The highest BCUT2D eigenvalue weighted by atomic mass is 28.3. The molecule has 57 heavy (non-hydrogen) atoms. The third kappa shape index (κ3) is 9.43. The highest BCUT2D eigenvalue weighted by molar-refractivity contribution is 7.20. The monoisotopic (exact) mass is 880 g/mol. The molecule has 0 aromatic heterocycles. The van der Waals surface area contributed by atoms with Crippen LogP contribution >= 0.6 is 0 Å². The summed E-state index contributed by atoms with van der Waals surface area (Å²) in [4.78, 5) is 0. The second-order valence-electron chi connectivity index (χ2n) is 11.9. The number of hydrogen-bond acceptors (Lipinski definition) is 0. The predicted molar refractivity (Wildman–Crippen MR) is 150 cm³/mol. The van der Waals surface area contributed by atoms with Crippen LogP contribution in [0.15, 0.2) is 72.8 Å². The van der Waals surface area contributed by atoms with Gasteiger partial charge in [0.05, 0.1) is 44.5 Å². The Kier molecular flexibility index (Phi) is 10.9. The molecule has 0 atom stereocenters. The highest BCUT2D eigenvalue weighted by Crippen LogP contribution is 2.41. The van der Waals surface area contributed by atoms with Gasteiger partial charge in [0.15, 0.2) is 8.07 Å². The SMILES string of the molecule is FC(F)(F)c1cc(C(F)(F)F)cc([Si](c2cc(C(F)(F)F)cc(C(F)(F)F)c2)(c2cc(C(F)(F)F)cc(C(F)(F)F)c2)c2cc(C(F)(F)F)cc(C(F)(F)F)c2)c1. The first-order valence-electron chi connectivity index (χ1n) is 14.5. The smallest absolute Gasteiger partial charge is 0.166 e. The average molecular weight is 880 g/mol. The minimum absolute atomic E-state index is 0.657. The molecule has 0 aliphatic carbocycles. The van der Waals surface area contributed by atoms with E-state index in [1.165, 1.54) is 0 Å². The van der Waals surface area contributed by atoms with Gasteiger partial charge in [0, 0.05) is 0 Å². The van der Waals surface area contributed by atoms with Gasteiger partial charge in [-0.25, -0.2) is 0 Å². The molecule has 0 N–H and O–H groups in total. The molecule has 0 fully saturated rings. The molecule has 0 radical (unpaired) electrons. The number of benzene rings is 4. The Morgan fingerprint density at radius 1 is 0.193 bits per heavy atom. The van der Waals surface area contributed by atoms with E-state index < -0.39 is 196 Å². The summed E-state index contributed by atoms with van der Waals surface area (Å²) in [5.41, 5.74) is -21.1. The Morgan fingerprint density at radius 2 is 0.298 bits per heavy atom. The zero-order valence-corrected chi connectivity index (χ0v) is 27.5. The van der Waals surface area contributed by atoms with E-state index in [4.69, 9.17) is 0 Å². The van der Waals surface area contributed by atoms with Crippen molar-refractivity contribution in [3.05, 3.63) is 117 Å². The van der Waals surface area contributed by atoms with Crippen molar-refractivity contribution in [2.75, 3.05) is 0 Å². The number of hydrogen-bond donors (Lipinski definition) is 0. The first-order valence-corrected chi connectivity index (χ1v) is 16.5. The molecule has 0 saturated heterocycles. The van der Waals surface area contributed by atoms with Crippen LogP contribution in [0.3, 0.4) is 0 Å². The summed E-state index contributed by atoms with van der Waals surface area (Å²) < 4.78 is 341. The van der Waals surface area contributed by atoms with Gasteiger partial charge in [-0.15, -0.1) is 0 Å². The molecule has 0 unspecified atom stereocenters. The van der Waals surface area contributed by atoms with Crippen molar-refractivity contribution in [3.8, 4) is 0 Å². The van der Waals surface area contributed by atoms with Crippen LogP contribution in [-0.4, -0.2) is 8.07 Å². The van der Waals surface area contributed by atoms with Gasteiger partial charge < -0.3 is 0 Å². The highest BCUT2D eigenvalue weighted by Gasteiger charge is 2.51. The third-order valence-corrected chi connectivity index (χ3v) is 12.7. The van der Waals surface area contributed by atoms with E-state index in [2.05, 4.69) is 0 Å². The molecule has 0 amide bonds. The van der Waals surface area contributed by atoms with Gasteiger partial charge >= 0.3 is 49.4 Å². The molecule has 0 bridgehead atoms. The van der Waals surface area contributed by atoms with Gasteiger partial charge in [0.2, 0.25) is 0 Å². The van der Waals surface area contributed by atoms with Gasteiger partial charge in [0.1, 0.15) is 0 Å². The fraction of sp³-hybridized carbons (Fsp3) is 0.250. The van der Waals surface area contributed by atoms with Gasteiger partial charge in [0.25, 0.3) is 0 Å². The van der Waals surface area contributed by atoms with Gasteiger partial charge in [-0.05, 0) is 93.5 Å². The number of halogens is 24. The molecule has 0 aliphatic heterocycles. The molecule has 4 aromatic rings. The van der Waals surface area contributed by atoms with E-state index in [9.17, 15) is 105 Å². The van der Waals surface area contributed by atoms with Gasteiger partial charge in [-0.3, -0.25) is 0 Å². The second kappa shape index (κ2) is 13.8. The fourth-order valence-electron chi connectivity index (χ4n) is 5.69. The van der Waals surface area contributed by atoms with E-state index >= 15 is 0 Å². The molecule has 0 nitrogen and oxygen atoms in total. The van der Waals surface area contributed by atoms with Crippen LogP contribution in [0.2, 0.25) is 0 Å². The zero-order chi connectivity index (χ0) is 43.9. The average Bonchev–Trinajstić information content (AvgIpc) is 3.01. The van der Waals surface area contributed by atoms with Crippen LogP contribution in [0.25, 0.3) is 0 Å². The maximum Gasteiger partial charge on any atom is 0.416 e. The minimum Gasteiger partial charge on any atom is -0.166 e. The van der Waals surface area contributed by atoms with Crippen LogP contribution in [0.4, 0.5) is 105 Å². The van der Waals surface area contributed by atoms with Crippen molar-refractivity contribution >= 4 is 28.8 Å². The molecule has 0 heterocycles. The lowest BCUT2D eigenvalue weighted by atomic mass is 10.1. The van der Waals surface area contributed by atoms with Crippen LogP contribution < -0.4 is 20.7 Å². The standard InChI is InChI=1S/C32H12F24Si/c33-25(34,35)13-1-14(26(36,37)38)6-21(5-13)57(22-7-15(27(39,40)41)2-16(8-22)28(42,43)44,23-9-17(29(45,46)47)3-18(10-23)30(48,49)50)24-11-19(31(51,52)53)4-20(12-24)32(54,55)56/h1-12H. The zero-order valence-electron chi connectivity index (χ0n) is 26.5. The lowest BCUT2D eigenvalue weighted by Gasteiger charge is -2.37. The van der Waals surface area contributed by atoms with Crippen LogP contribution in [-0.2, 0) is 49.4 Å². The van der Waals surface area contributed by atoms with Crippen molar-refractivity contribution in [2.24, 2.45) is 0 Å². The summed E-state index contributed by atoms with van der Waals surface area (Å²) in [6, 6.07) is -8.49. The molecule has 0 aliphatic rings. The molecule has 25 heteroatoms. The van der Waals surface area contributed by atoms with Crippen molar-refractivity contribution in [1.82, 2.24) is 0 Å². The van der Waals surface area contributed by atoms with E-state index in [0.29, 0.717) is 0 Å². The maximum atomic E-state index is 14.2. The molecule has 312 valence electrons. The summed E-state index contributed by atoms with van der Waals surface area (Å²) in [5, 5.41) is -8.62. The minimum atomic E-state index is -7.18. The first-order chi connectivity index (χ1) is 25.3. The topological polar surface area (TPSA) is 0 Å². The summed E-state index contributed by atoms with van der Waals surface area (Å²) >= 11 is 0. The Labute approximate surface area is 301 Å². The fourth-order valence-corrected chi connectivity index (χ4v) is 10.7. The molecular weight excluding hydrogens is 868 g/mol. The Hall–Kier alpha value is -4.58. The summed E-state index contributed by atoms with van der Waals surface area (Å²) in [6.45, 7) is 0. The molecular formula is C32H12F24Si. The van der Waals surface area contributed by atoms with Crippen molar-refractivity contribution in [2.45, 2.75) is 49.4 Å². The van der Waals surface area contributed by atoms with Crippen molar-refractivity contribution in [1.29, 1.82) is 0 Å². The van der Waals surface area contributed by atoms with E-state index in [1.54, 1.807) is 0 Å². The molecule has 0 saturated carbocycles. The second-order valence-corrected chi connectivity index (χ2v) is 15.7. The lowest BCUT2D eigenvalue weighted by molar-refractivity contribution is -0.144. The molecule has 4 aromatic carbocycles. The Bertz CT molecular complexity index is 1700. The van der Waals surface area contributed by atoms with Crippen LogP contribution in [0.1, 0.15) is 44.5 Å². The van der Waals surface area contributed by atoms with Crippen LogP contribution in [0, 0.1) is 0 Å². The van der Waals surface area contributed by atoms with Crippen LogP contribution in [0.5, 0.6) is 0 Å². The lowest BCUT2D eigenvalue weighted by Crippen LogP contribution is -2.75. The van der Waals surface area contributed by atoms with Crippen molar-refractivity contribution < 1.29 is 105 Å².